The number of hydrogen-bond donors (Lipinski definition) is 1. The van der Waals surface area contributed by atoms with E-state index in [4.69, 9.17) is 15.1 Å². The molecule has 5 rings (SSSR count). The van der Waals surface area contributed by atoms with Crippen molar-refractivity contribution < 1.29 is 4.21 Å². The van der Waals surface area contributed by atoms with Crippen molar-refractivity contribution in [2.75, 3.05) is 0 Å². The first kappa shape index (κ1) is 12.9. The first-order valence-corrected chi connectivity index (χ1v) is 8.44. The summed E-state index contributed by atoms with van der Waals surface area (Å²) in [7, 11) is -1.52. The summed E-state index contributed by atoms with van der Waals surface area (Å²) < 4.78 is 11.5. The van der Waals surface area contributed by atoms with Gasteiger partial charge in [-0.05, 0) is 23.6 Å². The van der Waals surface area contributed by atoms with E-state index >= 15 is 0 Å². The van der Waals surface area contributed by atoms with Crippen LogP contribution in [0.3, 0.4) is 0 Å². The zero-order chi connectivity index (χ0) is 15.6. The summed E-state index contributed by atoms with van der Waals surface area (Å²) in [5, 5.41) is 7.86. The third-order valence-corrected chi connectivity index (χ3v) is 5.00. The Morgan fingerprint density at radius 1 is 0.826 bits per heavy atom. The second kappa shape index (κ2) is 4.44. The Bertz CT molecular complexity index is 1150. The third kappa shape index (κ3) is 1.72. The number of fused-ring (bicyclic) bond motifs is 4. The highest BCUT2D eigenvalue weighted by Gasteiger charge is 2.24. The third-order valence-electron chi connectivity index (χ3n) is 4.28. The normalized spacial score (nSPS) is 13.4. The van der Waals surface area contributed by atoms with Gasteiger partial charge in [0, 0.05) is 16.5 Å². The van der Waals surface area contributed by atoms with E-state index in [-0.39, 0.29) is 0 Å². The standard InChI is InChI=1S/C18H11N3OS/c19-23(22)11-7-8-14-15(9-11)21-18-13-6-2-4-10-3-1-5-12(16(10)13)17(18)20-14/h1-9H,19H2. The van der Waals surface area contributed by atoms with Gasteiger partial charge in [0.15, 0.2) is 0 Å². The Morgan fingerprint density at radius 2 is 1.48 bits per heavy atom. The molecule has 0 fully saturated rings. The van der Waals surface area contributed by atoms with Crippen molar-refractivity contribution in [3.8, 4) is 22.5 Å². The van der Waals surface area contributed by atoms with Crippen LogP contribution in [0.1, 0.15) is 0 Å². The number of nitrogens with two attached hydrogens (primary N) is 1. The number of benzene rings is 3. The van der Waals surface area contributed by atoms with Crippen LogP contribution in [0.4, 0.5) is 0 Å². The van der Waals surface area contributed by atoms with Crippen LogP contribution < -0.4 is 5.14 Å². The molecule has 1 heterocycles. The SMILES string of the molecule is NS(=O)c1ccc2nc3c(nc2c1)-c1cccc2cccc-3c12. The summed E-state index contributed by atoms with van der Waals surface area (Å²) in [6.07, 6.45) is 0. The fourth-order valence-corrected chi connectivity index (χ4v) is 3.70. The first-order chi connectivity index (χ1) is 11.2. The maximum Gasteiger partial charge on any atom is 0.122 e. The Morgan fingerprint density at radius 3 is 2.13 bits per heavy atom. The Balaban J connectivity index is 1.90. The van der Waals surface area contributed by atoms with E-state index in [1.165, 1.54) is 10.8 Å². The largest absolute Gasteiger partial charge is 0.248 e. The molecule has 0 radical (unpaired) electrons. The smallest absolute Gasteiger partial charge is 0.122 e. The molecule has 110 valence electrons. The molecule has 1 atom stereocenters. The molecule has 4 nitrogen and oxygen atoms in total. The number of hydrogen-bond acceptors (Lipinski definition) is 3. The topological polar surface area (TPSA) is 68.9 Å². The monoisotopic (exact) mass is 317 g/mol. The summed E-state index contributed by atoms with van der Waals surface area (Å²) in [6.45, 7) is 0. The van der Waals surface area contributed by atoms with Gasteiger partial charge in [-0.2, -0.15) is 0 Å². The van der Waals surface area contributed by atoms with E-state index in [2.05, 4.69) is 24.3 Å². The number of aromatic nitrogens is 2. The Hall–Kier alpha value is -2.63. The van der Waals surface area contributed by atoms with Crippen molar-refractivity contribution in [3.63, 3.8) is 0 Å². The van der Waals surface area contributed by atoms with Gasteiger partial charge in [-0.3, -0.25) is 0 Å². The van der Waals surface area contributed by atoms with E-state index in [1.54, 1.807) is 12.1 Å². The molecular weight excluding hydrogens is 306 g/mol. The summed E-state index contributed by atoms with van der Waals surface area (Å²) in [6, 6.07) is 17.8. The molecule has 0 saturated carbocycles. The molecule has 1 unspecified atom stereocenters. The molecule has 0 bridgehead atoms. The minimum atomic E-state index is -1.52. The van der Waals surface area contributed by atoms with Crippen LogP contribution in [0.25, 0.3) is 44.3 Å². The van der Waals surface area contributed by atoms with Gasteiger partial charge in [0.1, 0.15) is 11.0 Å². The summed E-state index contributed by atoms with van der Waals surface area (Å²) in [4.78, 5) is 10.1. The van der Waals surface area contributed by atoms with Gasteiger partial charge in [0.2, 0.25) is 0 Å². The molecule has 0 aliphatic heterocycles. The molecule has 3 aromatic carbocycles. The van der Waals surface area contributed by atoms with Gasteiger partial charge in [-0.1, -0.05) is 36.4 Å². The maximum atomic E-state index is 11.5. The van der Waals surface area contributed by atoms with Gasteiger partial charge in [0.25, 0.3) is 0 Å². The highest BCUT2D eigenvalue weighted by atomic mass is 32.2. The van der Waals surface area contributed by atoms with Crippen LogP contribution in [0.5, 0.6) is 0 Å². The predicted molar refractivity (Wildman–Crippen MR) is 92.1 cm³/mol. The second-order valence-corrected chi connectivity index (χ2v) is 6.64. The summed E-state index contributed by atoms with van der Waals surface area (Å²) in [5.41, 5.74) is 5.50. The van der Waals surface area contributed by atoms with Gasteiger partial charge < -0.3 is 0 Å². The van der Waals surface area contributed by atoms with E-state index in [1.807, 2.05) is 18.2 Å². The van der Waals surface area contributed by atoms with Gasteiger partial charge in [0.05, 0.1) is 27.3 Å². The fraction of sp³-hybridized carbons (Fsp3) is 0. The molecule has 0 amide bonds. The Labute approximate surface area is 134 Å². The van der Waals surface area contributed by atoms with Gasteiger partial charge in [-0.15, -0.1) is 0 Å². The molecule has 5 heteroatoms. The lowest BCUT2D eigenvalue weighted by Crippen LogP contribution is -2.02. The average molecular weight is 317 g/mol. The molecule has 0 spiro atoms. The lowest BCUT2D eigenvalue weighted by atomic mass is 10.0. The first-order valence-electron chi connectivity index (χ1n) is 7.23. The van der Waals surface area contributed by atoms with E-state index < -0.39 is 11.0 Å². The van der Waals surface area contributed by atoms with Crippen LogP contribution >= 0.6 is 0 Å². The minimum absolute atomic E-state index is 0.556. The van der Waals surface area contributed by atoms with Crippen LogP contribution in [0, 0.1) is 0 Å². The highest BCUT2D eigenvalue weighted by molar-refractivity contribution is 7.82. The van der Waals surface area contributed by atoms with E-state index in [0.29, 0.717) is 10.4 Å². The lowest BCUT2D eigenvalue weighted by molar-refractivity contribution is 0.684. The van der Waals surface area contributed by atoms with Crippen molar-refractivity contribution in [3.05, 3.63) is 54.6 Å². The maximum absolute atomic E-state index is 11.5. The zero-order valence-corrected chi connectivity index (χ0v) is 12.8. The van der Waals surface area contributed by atoms with Crippen molar-refractivity contribution in [1.82, 2.24) is 9.97 Å². The molecule has 2 N–H and O–H groups in total. The molecule has 1 aromatic heterocycles. The molecule has 1 aliphatic carbocycles. The van der Waals surface area contributed by atoms with Gasteiger partial charge in [-0.25, -0.2) is 19.3 Å². The molecule has 1 aliphatic rings. The molecule has 23 heavy (non-hydrogen) atoms. The fourth-order valence-electron chi connectivity index (χ4n) is 3.27. The minimum Gasteiger partial charge on any atom is -0.248 e. The molecular formula is C18H11N3OS. The second-order valence-electron chi connectivity index (χ2n) is 5.58. The van der Waals surface area contributed by atoms with Crippen molar-refractivity contribution in [2.45, 2.75) is 4.90 Å². The van der Waals surface area contributed by atoms with Crippen molar-refractivity contribution in [2.24, 2.45) is 5.14 Å². The van der Waals surface area contributed by atoms with E-state index in [9.17, 15) is 4.21 Å². The van der Waals surface area contributed by atoms with Crippen LogP contribution in [0.15, 0.2) is 59.5 Å². The highest BCUT2D eigenvalue weighted by Crippen LogP contribution is 2.45. The summed E-state index contributed by atoms with van der Waals surface area (Å²) >= 11 is 0. The average Bonchev–Trinajstić information content (AvgIpc) is 2.88. The van der Waals surface area contributed by atoms with Crippen LogP contribution in [-0.4, -0.2) is 14.2 Å². The van der Waals surface area contributed by atoms with Crippen LogP contribution in [0.2, 0.25) is 0 Å². The van der Waals surface area contributed by atoms with Crippen molar-refractivity contribution in [1.29, 1.82) is 0 Å². The number of nitrogens with zero attached hydrogens (tertiary/aromatic N) is 2. The summed E-state index contributed by atoms with van der Waals surface area (Å²) in [5.74, 6) is 0. The van der Waals surface area contributed by atoms with Crippen molar-refractivity contribution >= 4 is 32.8 Å². The van der Waals surface area contributed by atoms with Crippen LogP contribution in [-0.2, 0) is 11.0 Å². The van der Waals surface area contributed by atoms with Gasteiger partial charge >= 0.3 is 0 Å². The zero-order valence-electron chi connectivity index (χ0n) is 12.0. The lowest BCUT2D eigenvalue weighted by Gasteiger charge is -2.04. The molecule has 0 saturated heterocycles. The van der Waals surface area contributed by atoms with E-state index in [0.717, 1.165) is 28.0 Å². The predicted octanol–water partition coefficient (Wildman–Crippen LogP) is 3.41. The quantitative estimate of drug-likeness (QED) is 0.515. The molecule has 4 aromatic rings. The Kier molecular flexibility index (Phi) is 2.48. The number of rotatable bonds is 1.